The van der Waals surface area contributed by atoms with Crippen LogP contribution in [0.3, 0.4) is 0 Å². The van der Waals surface area contributed by atoms with Gasteiger partial charge in [0.25, 0.3) is 0 Å². The van der Waals surface area contributed by atoms with Gasteiger partial charge >= 0.3 is 222 Å². The SMILES string of the molecule is CCCC[C](CCCC)(CCCC)[Sn][c]1cc(-c2c(-c3nncn3C)cnn2C)cc(NCC)n1. The molecule has 0 aliphatic heterocycles. The van der Waals surface area contributed by atoms with Crippen LogP contribution in [0.25, 0.3) is 22.6 Å². The molecule has 1 N–H and O–H groups in total. The van der Waals surface area contributed by atoms with Crippen molar-refractivity contribution in [3.8, 4) is 22.6 Å². The molecule has 3 heterocycles. The molecular weight excluding hydrogens is 541 g/mol. The van der Waals surface area contributed by atoms with Gasteiger partial charge in [-0.25, -0.2) is 0 Å². The van der Waals surface area contributed by atoms with E-state index in [1.165, 1.54) is 67.1 Å². The number of rotatable bonds is 15. The zero-order chi connectivity index (χ0) is 25.3. The Hall–Kier alpha value is -1.90. The topological polar surface area (TPSA) is 73.5 Å². The quantitative estimate of drug-likeness (QED) is 0.230. The van der Waals surface area contributed by atoms with Gasteiger partial charge in [0.05, 0.1) is 0 Å². The van der Waals surface area contributed by atoms with Crippen LogP contribution in [0.5, 0.6) is 0 Å². The van der Waals surface area contributed by atoms with E-state index in [1.54, 1.807) is 6.33 Å². The van der Waals surface area contributed by atoms with Crippen molar-refractivity contribution in [2.75, 3.05) is 11.9 Å². The van der Waals surface area contributed by atoms with Gasteiger partial charge in [-0.05, 0) is 0 Å². The first kappa shape index (κ1) is 27.7. The summed E-state index contributed by atoms with van der Waals surface area (Å²) >= 11 is -0.978. The van der Waals surface area contributed by atoms with Gasteiger partial charge in [-0.2, -0.15) is 0 Å². The summed E-state index contributed by atoms with van der Waals surface area (Å²) in [7, 11) is 3.99. The summed E-state index contributed by atoms with van der Waals surface area (Å²) in [6, 6.07) is 4.54. The number of nitrogens with one attached hydrogen (secondary N) is 1. The molecule has 0 aliphatic carbocycles. The van der Waals surface area contributed by atoms with Crippen LogP contribution in [0.15, 0.2) is 24.7 Å². The first-order chi connectivity index (χ1) is 17.0. The van der Waals surface area contributed by atoms with Gasteiger partial charge in [0, 0.05) is 0 Å². The summed E-state index contributed by atoms with van der Waals surface area (Å²) in [5, 5.41) is 16.6. The van der Waals surface area contributed by atoms with Crippen molar-refractivity contribution in [3.05, 3.63) is 24.7 Å². The van der Waals surface area contributed by atoms with Gasteiger partial charge in [-0.15, -0.1) is 0 Å². The Morgan fingerprint density at radius 3 is 2.14 bits per heavy atom. The number of pyridine rings is 1. The Bertz CT molecular complexity index is 1030. The summed E-state index contributed by atoms with van der Waals surface area (Å²) < 4.78 is 5.74. The van der Waals surface area contributed by atoms with Crippen molar-refractivity contribution in [2.24, 2.45) is 14.1 Å². The van der Waals surface area contributed by atoms with Crippen molar-refractivity contribution in [1.29, 1.82) is 0 Å². The van der Waals surface area contributed by atoms with Crippen molar-refractivity contribution in [3.63, 3.8) is 0 Å². The van der Waals surface area contributed by atoms with Crippen LogP contribution in [-0.2, 0) is 14.1 Å². The fourth-order valence-corrected chi connectivity index (χ4v) is 10.1. The number of hydrogen-bond acceptors (Lipinski definition) is 5. The van der Waals surface area contributed by atoms with E-state index in [1.807, 2.05) is 29.5 Å². The maximum atomic E-state index is 5.18. The summed E-state index contributed by atoms with van der Waals surface area (Å²) in [4.78, 5) is 5.18. The Labute approximate surface area is 221 Å². The van der Waals surface area contributed by atoms with Crippen molar-refractivity contribution in [1.82, 2.24) is 29.5 Å². The monoisotopic (exact) mass is 585 g/mol. The van der Waals surface area contributed by atoms with E-state index in [9.17, 15) is 0 Å². The van der Waals surface area contributed by atoms with E-state index in [2.05, 4.69) is 60.4 Å². The zero-order valence-corrected chi connectivity index (χ0v) is 25.4. The van der Waals surface area contributed by atoms with Crippen LogP contribution in [0, 0.1) is 0 Å². The third-order valence-electron chi connectivity index (χ3n) is 6.77. The first-order valence-electron chi connectivity index (χ1n) is 13.4. The third-order valence-corrected chi connectivity index (χ3v) is 11.9. The number of anilines is 1. The second-order valence-electron chi connectivity index (χ2n) is 9.67. The third kappa shape index (κ3) is 7.08. The molecule has 3 aromatic rings. The van der Waals surface area contributed by atoms with E-state index in [-0.39, 0.29) is 0 Å². The van der Waals surface area contributed by atoms with Crippen LogP contribution in [0.4, 0.5) is 5.82 Å². The van der Waals surface area contributed by atoms with Crippen LogP contribution in [0.1, 0.15) is 85.5 Å². The average molecular weight is 584 g/mol. The van der Waals surface area contributed by atoms with E-state index in [4.69, 9.17) is 4.98 Å². The summed E-state index contributed by atoms with van der Waals surface area (Å²) in [6.07, 6.45) is 15.5. The summed E-state index contributed by atoms with van der Waals surface area (Å²) in [6.45, 7) is 9.97. The number of aromatic nitrogens is 6. The maximum absolute atomic E-state index is 5.18. The number of nitrogens with zero attached hydrogens (tertiary/aromatic N) is 6. The fourth-order valence-electron chi connectivity index (χ4n) is 4.85. The normalized spacial score (nSPS) is 11.8. The van der Waals surface area contributed by atoms with Crippen molar-refractivity contribution in [2.45, 2.75) is 88.9 Å². The standard InChI is InChI=1S/C14H16N7.C13H27.Sn/c1-4-15-12-7-10(5-6-16-12)13-11(8-18-21(13)3)14-19-17-9-20(14)2;1-4-7-10-13(11-8-5-2)12-9-6-3;/h5,7-9H,4H2,1-3H3,(H,15,16);4-12H2,1-3H3;. The van der Waals surface area contributed by atoms with Crippen LogP contribution in [-0.4, -0.2) is 57.2 Å². The molecule has 35 heavy (non-hydrogen) atoms. The predicted molar refractivity (Wildman–Crippen MR) is 147 cm³/mol. The molecule has 7 nitrogen and oxygen atoms in total. The Morgan fingerprint density at radius 2 is 1.60 bits per heavy atom. The second kappa shape index (κ2) is 13.4. The molecule has 0 fully saturated rings. The first-order valence-corrected chi connectivity index (χ1v) is 16.2. The van der Waals surface area contributed by atoms with E-state index in [0.29, 0.717) is 3.43 Å². The number of hydrogen-bond donors (Lipinski definition) is 1. The molecule has 8 heteroatoms. The molecule has 3 rings (SSSR count). The summed E-state index contributed by atoms with van der Waals surface area (Å²) in [5.74, 6) is 1.81. The van der Waals surface area contributed by atoms with Crippen LogP contribution >= 0.6 is 0 Å². The number of unbranched alkanes of at least 4 members (excludes halogenated alkanes) is 3. The van der Waals surface area contributed by atoms with Gasteiger partial charge in [0.15, 0.2) is 0 Å². The Kier molecular flexibility index (Phi) is 10.6. The fraction of sp³-hybridized carbons (Fsp3) is 0.630. The molecule has 2 radical (unpaired) electrons. The molecular formula is C27H43N7Sn. The van der Waals surface area contributed by atoms with Crippen molar-refractivity contribution < 1.29 is 0 Å². The van der Waals surface area contributed by atoms with Gasteiger partial charge in [-0.3, -0.25) is 0 Å². The van der Waals surface area contributed by atoms with Crippen molar-refractivity contribution >= 4 is 30.7 Å². The molecule has 3 aromatic heterocycles. The molecule has 190 valence electrons. The molecule has 0 aliphatic rings. The van der Waals surface area contributed by atoms with Gasteiger partial charge < -0.3 is 0 Å². The van der Waals surface area contributed by atoms with Crippen LogP contribution in [0.2, 0.25) is 3.43 Å². The molecule has 0 atom stereocenters. The molecule has 0 aromatic carbocycles. The summed E-state index contributed by atoms with van der Waals surface area (Å²) in [5.41, 5.74) is 3.25. The van der Waals surface area contributed by atoms with Gasteiger partial charge in [0.1, 0.15) is 0 Å². The van der Waals surface area contributed by atoms with E-state index >= 15 is 0 Å². The molecule has 0 amide bonds. The molecule has 0 bridgehead atoms. The van der Waals surface area contributed by atoms with E-state index < -0.39 is 21.1 Å². The van der Waals surface area contributed by atoms with Gasteiger partial charge in [0.2, 0.25) is 0 Å². The minimum atomic E-state index is -0.978. The molecule has 0 saturated carbocycles. The Morgan fingerprint density at radius 1 is 0.943 bits per heavy atom. The van der Waals surface area contributed by atoms with Crippen LogP contribution < -0.4 is 9.03 Å². The number of aryl methyl sites for hydroxylation is 2. The average Bonchev–Trinajstić information content (AvgIpc) is 3.44. The second-order valence-corrected chi connectivity index (χ2v) is 14.9. The molecule has 0 spiro atoms. The molecule has 0 unspecified atom stereocenters. The zero-order valence-electron chi connectivity index (χ0n) is 22.6. The minimum absolute atomic E-state index is 0.485. The Balaban J connectivity index is 2.08. The predicted octanol–water partition coefficient (Wildman–Crippen LogP) is 5.77. The van der Waals surface area contributed by atoms with E-state index in [0.717, 1.165) is 29.4 Å². The van der Waals surface area contributed by atoms with Gasteiger partial charge in [-0.1, -0.05) is 0 Å². The molecule has 0 saturated heterocycles.